The average molecular weight is 588 g/mol. The molecule has 9 heteroatoms. The Morgan fingerprint density at radius 1 is 1.03 bits per heavy atom. The monoisotopic (exact) mass is 586 g/mol. The summed E-state index contributed by atoms with van der Waals surface area (Å²) in [5, 5.41) is 0. The van der Waals surface area contributed by atoms with E-state index in [2.05, 4.69) is 59.7 Å². The van der Waals surface area contributed by atoms with Crippen molar-refractivity contribution in [3.63, 3.8) is 0 Å². The number of nitrogens with zero attached hydrogens (tertiary/aromatic N) is 3. The van der Waals surface area contributed by atoms with Crippen LogP contribution < -0.4 is 4.72 Å². The fourth-order valence-corrected chi connectivity index (χ4v) is 7.43. The number of amides is 1. The predicted octanol–water partition coefficient (Wildman–Crippen LogP) is 4.43. The number of hydrogen-bond donors (Lipinski definition) is 1. The molecule has 1 saturated heterocycles. The molecule has 1 aromatic rings. The van der Waals surface area contributed by atoms with Crippen LogP contribution in [-0.2, 0) is 14.8 Å². The summed E-state index contributed by atoms with van der Waals surface area (Å²) in [5.74, 6) is 0.166. The average Bonchev–Trinajstić information content (AvgIpc) is 2.94. The number of dihydropyridines is 1. The van der Waals surface area contributed by atoms with Gasteiger partial charge in [0.15, 0.2) is 0 Å². The molecule has 1 amide bonds. The molecule has 2 heterocycles. The molecule has 37 heavy (non-hydrogen) atoms. The highest BCUT2D eigenvalue weighted by Gasteiger charge is 2.39. The largest absolute Gasteiger partial charge is 0.333 e. The third-order valence-corrected chi connectivity index (χ3v) is 10.0. The summed E-state index contributed by atoms with van der Waals surface area (Å²) in [6.07, 6.45) is 18.3. The minimum absolute atomic E-state index is 0.0575. The predicted molar refractivity (Wildman–Crippen MR) is 150 cm³/mol. The Morgan fingerprint density at radius 2 is 1.81 bits per heavy atom. The van der Waals surface area contributed by atoms with Gasteiger partial charge in [0.2, 0.25) is 15.9 Å². The summed E-state index contributed by atoms with van der Waals surface area (Å²) in [4.78, 5) is 23.3. The second-order valence-electron chi connectivity index (χ2n) is 10.3. The highest BCUT2D eigenvalue weighted by atomic mass is 79.9. The minimum Gasteiger partial charge on any atom is -0.333 e. The Kier molecular flexibility index (Phi) is 8.43. The van der Waals surface area contributed by atoms with E-state index in [1.54, 1.807) is 24.3 Å². The van der Waals surface area contributed by atoms with Crippen molar-refractivity contribution in [3.05, 3.63) is 64.7 Å². The number of benzene rings is 1. The van der Waals surface area contributed by atoms with Gasteiger partial charge in [0.25, 0.3) is 0 Å². The molecule has 2 aliphatic carbocycles. The Labute approximate surface area is 228 Å². The van der Waals surface area contributed by atoms with E-state index in [0.29, 0.717) is 32.2 Å². The fraction of sp³-hybridized carbons (Fsp3) is 0.500. The van der Waals surface area contributed by atoms with Gasteiger partial charge >= 0.3 is 0 Å². The summed E-state index contributed by atoms with van der Waals surface area (Å²) in [7, 11) is -3.58. The van der Waals surface area contributed by atoms with Crippen LogP contribution in [0, 0.1) is 5.92 Å². The number of halogens is 1. The molecular formula is C28H35BrN4O3S. The summed E-state index contributed by atoms with van der Waals surface area (Å²) in [5.41, 5.74) is 1.33. The van der Waals surface area contributed by atoms with Crippen LogP contribution in [0.25, 0.3) is 0 Å². The molecular weight excluding hydrogens is 552 g/mol. The molecule has 7 nitrogen and oxygen atoms in total. The third-order valence-electron chi connectivity index (χ3n) is 7.94. The van der Waals surface area contributed by atoms with E-state index < -0.39 is 10.0 Å². The molecule has 1 N–H and O–H groups in total. The molecule has 0 bridgehead atoms. The summed E-state index contributed by atoms with van der Waals surface area (Å²) < 4.78 is 29.3. The van der Waals surface area contributed by atoms with E-state index >= 15 is 0 Å². The van der Waals surface area contributed by atoms with Crippen LogP contribution in [0.15, 0.2) is 74.6 Å². The number of carbonyl (C=O) groups is 1. The van der Waals surface area contributed by atoms with E-state index in [1.807, 2.05) is 12.3 Å². The van der Waals surface area contributed by atoms with Gasteiger partial charge in [-0.15, -0.1) is 0 Å². The van der Waals surface area contributed by atoms with Crippen LogP contribution in [0.3, 0.4) is 0 Å². The zero-order chi connectivity index (χ0) is 25.8. The number of nitrogens with one attached hydrogen (secondary N) is 1. The lowest BCUT2D eigenvalue weighted by Crippen LogP contribution is -2.59. The number of sulfonamides is 1. The van der Waals surface area contributed by atoms with Crippen molar-refractivity contribution >= 4 is 38.1 Å². The topological polar surface area (TPSA) is 82.1 Å². The molecule has 5 rings (SSSR count). The lowest BCUT2D eigenvalue weighted by atomic mass is 9.84. The SMILES string of the molecule is O=C([C@H]1CC[C@H](NS(=O)(=O)c2ccc(Br)cc2)CC1)N1CCN(C2CC=CC=N2)C[C@@H]1C1=CC=CCC1. The molecule has 4 aliphatic rings. The first-order chi connectivity index (χ1) is 17.9. The first-order valence-corrected chi connectivity index (χ1v) is 15.5. The quantitative estimate of drug-likeness (QED) is 0.534. The van der Waals surface area contributed by atoms with Crippen molar-refractivity contribution in [1.29, 1.82) is 0 Å². The maximum atomic E-state index is 13.8. The lowest BCUT2D eigenvalue weighted by Gasteiger charge is -2.46. The Bertz CT molecular complexity index is 1200. The van der Waals surface area contributed by atoms with Crippen LogP contribution >= 0.6 is 15.9 Å². The maximum absolute atomic E-state index is 13.8. The standard InChI is InChI=1S/C28H35BrN4O3S/c29-23-11-15-25(16-12-23)37(35,36)31-24-13-9-22(10-14-24)28(34)33-19-18-32(27-8-4-5-17-30-27)20-26(33)21-6-2-1-3-7-21/h1-2,4-6,11-12,15-17,22,24,26-27,31H,3,7-10,13-14,18-20H2/t22-,24-,26-,27?/m1/s1. The van der Waals surface area contributed by atoms with Crippen LogP contribution in [0.1, 0.15) is 44.9 Å². The lowest BCUT2D eigenvalue weighted by molar-refractivity contribution is -0.141. The van der Waals surface area contributed by atoms with E-state index in [0.717, 1.165) is 36.8 Å². The highest BCUT2D eigenvalue weighted by Crippen LogP contribution is 2.32. The van der Waals surface area contributed by atoms with Crippen LogP contribution in [0.4, 0.5) is 0 Å². The van der Waals surface area contributed by atoms with Gasteiger partial charge in [0.1, 0.15) is 6.17 Å². The first-order valence-electron chi connectivity index (χ1n) is 13.3. The Morgan fingerprint density at radius 3 is 2.49 bits per heavy atom. The third kappa shape index (κ3) is 6.33. The van der Waals surface area contributed by atoms with Crippen molar-refractivity contribution in [3.8, 4) is 0 Å². The molecule has 0 radical (unpaired) electrons. The van der Waals surface area contributed by atoms with Gasteiger partial charge in [-0.25, -0.2) is 13.1 Å². The second kappa shape index (κ2) is 11.8. The van der Waals surface area contributed by atoms with Crippen molar-refractivity contribution in [1.82, 2.24) is 14.5 Å². The normalized spacial score (nSPS) is 28.8. The maximum Gasteiger partial charge on any atom is 0.240 e. The fourth-order valence-electron chi connectivity index (χ4n) is 5.86. The smallest absolute Gasteiger partial charge is 0.240 e. The Hall–Kier alpha value is -2.07. The molecule has 2 aliphatic heterocycles. The zero-order valence-corrected chi connectivity index (χ0v) is 23.4. The van der Waals surface area contributed by atoms with Gasteiger partial charge in [0.05, 0.1) is 10.9 Å². The molecule has 2 fully saturated rings. The number of carbonyl (C=O) groups excluding carboxylic acids is 1. The number of allylic oxidation sites excluding steroid dienone is 4. The molecule has 1 unspecified atom stereocenters. The van der Waals surface area contributed by atoms with E-state index in [4.69, 9.17) is 0 Å². The molecule has 0 spiro atoms. The van der Waals surface area contributed by atoms with E-state index in [9.17, 15) is 13.2 Å². The van der Waals surface area contributed by atoms with Crippen molar-refractivity contribution in [2.45, 2.75) is 68.1 Å². The Balaban J connectivity index is 1.22. The zero-order valence-electron chi connectivity index (χ0n) is 21.0. The van der Waals surface area contributed by atoms with Gasteiger partial charge in [-0.1, -0.05) is 40.2 Å². The second-order valence-corrected chi connectivity index (χ2v) is 12.9. The molecule has 1 saturated carbocycles. The van der Waals surface area contributed by atoms with E-state index in [-0.39, 0.29) is 35.0 Å². The van der Waals surface area contributed by atoms with Crippen molar-refractivity contribution in [2.24, 2.45) is 10.9 Å². The van der Waals surface area contributed by atoms with Gasteiger partial charge in [-0.2, -0.15) is 0 Å². The van der Waals surface area contributed by atoms with E-state index in [1.165, 1.54) is 5.57 Å². The van der Waals surface area contributed by atoms with Gasteiger partial charge in [0, 0.05) is 48.7 Å². The van der Waals surface area contributed by atoms with Gasteiger partial charge < -0.3 is 4.90 Å². The number of aliphatic imine (C=N–C) groups is 1. The number of hydrogen-bond acceptors (Lipinski definition) is 5. The number of piperazine rings is 1. The molecule has 198 valence electrons. The molecule has 2 atom stereocenters. The van der Waals surface area contributed by atoms with Crippen LogP contribution in [-0.4, -0.2) is 68.2 Å². The van der Waals surface area contributed by atoms with Crippen molar-refractivity contribution in [2.75, 3.05) is 19.6 Å². The van der Waals surface area contributed by atoms with Gasteiger partial charge in [-0.05, 0) is 74.4 Å². The summed E-state index contributed by atoms with van der Waals surface area (Å²) in [6.45, 7) is 2.34. The van der Waals surface area contributed by atoms with Gasteiger partial charge in [-0.3, -0.25) is 14.7 Å². The molecule has 0 aromatic heterocycles. The highest BCUT2D eigenvalue weighted by molar-refractivity contribution is 9.10. The van der Waals surface area contributed by atoms with Crippen LogP contribution in [0.2, 0.25) is 0 Å². The van der Waals surface area contributed by atoms with Crippen LogP contribution in [0.5, 0.6) is 0 Å². The first kappa shape index (κ1) is 26.5. The summed E-state index contributed by atoms with van der Waals surface area (Å²) >= 11 is 3.35. The van der Waals surface area contributed by atoms with Crippen molar-refractivity contribution < 1.29 is 13.2 Å². The minimum atomic E-state index is -3.58. The summed E-state index contributed by atoms with van der Waals surface area (Å²) in [6, 6.07) is 6.59. The molecule has 1 aromatic carbocycles. The number of rotatable bonds is 6.